The van der Waals surface area contributed by atoms with Crippen LogP contribution in [0.2, 0.25) is 24.2 Å². The maximum atomic E-state index is 15.1. The summed E-state index contributed by atoms with van der Waals surface area (Å²) in [6.45, 7) is 11.1. The summed E-state index contributed by atoms with van der Waals surface area (Å²) in [7, 11) is -0.396. The van der Waals surface area contributed by atoms with Crippen LogP contribution < -0.4 is 15.4 Å². The number of nitrogens with one attached hydrogen (secondary N) is 2. The third-order valence-electron chi connectivity index (χ3n) is 5.34. The van der Waals surface area contributed by atoms with E-state index in [1.54, 1.807) is 37.8 Å². The summed E-state index contributed by atoms with van der Waals surface area (Å²) in [5, 5.41) is 6.64. The normalized spacial score (nSPS) is 12.2. The second-order valence-corrected chi connectivity index (χ2v) is 14.4. The first-order chi connectivity index (χ1) is 19.4. The lowest BCUT2D eigenvalue weighted by Crippen LogP contribution is -2.33. The summed E-state index contributed by atoms with van der Waals surface area (Å²) in [4.78, 5) is 20.4. The van der Waals surface area contributed by atoms with E-state index in [1.807, 2.05) is 0 Å². The summed E-state index contributed by atoms with van der Waals surface area (Å²) in [5.74, 6) is -2.25. The van der Waals surface area contributed by atoms with Gasteiger partial charge in [0.2, 0.25) is 0 Å². The van der Waals surface area contributed by atoms with Crippen molar-refractivity contribution in [2.75, 3.05) is 31.3 Å². The highest BCUT2D eigenvalue weighted by atomic mass is 35.5. The van der Waals surface area contributed by atoms with E-state index in [-0.39, 0.29) is 31.3 Å². The molecule has 223 valence electrons. The van der Waals surface area contributed by atoms with E-state index in [4.69, 9.17) is 25.8 Å². The van der Waals surface area contributed by atoms with Crippen LogP contribution >= 0.6 is 23.4 Å². The zero-order valence-corrected chi connectivity index (χ0v) is 26.5. The van der Waals surface area contributed by atoms with E-state index in [2.05, 4.69) is 33.7 Å². The molecular weight excluding hydrogens is 592 g/mol. The number of fused-ring (bicyclic) bond motifs is 1. The van der Waals surface area contributed by atoms with E-state index in [1.165, 1.54) is 24.0 Å². The number of amidine groups is 1. The van der Waals surface area contributed by atoms with Crippen LogP contribution in [0.3, 0.4) is 0 Å². The van der Waals surface area contributed by atoms with Crippen molar-refractivity contribution < 1.29 is 27.8 Å². The van der Waals surface area contributed by atoms with Crippen LogP contribution in [0.1, 0.15) is 20.8 Å². The molecule has 0 unspecified atom stereocenters. The molecule has 41 heavy (non-hydrogen) atoms. The number of aromatic nitrogens is 2. The molecule has 9 nitrogen and oxygen atoms in total. The summed E-state index contributed by atoms with van der Waals surface area (Å²) < 4.78 is 48.5. The first-order valence-corrected chi connectivity index (χ1v) is 17.2. The minimum Gasteiger partial charge on any atom is -0.450 e. The lowest BCUT2D eigenvalue weighted by molar-refractivity contribution is 0.0529. The molecule has 1 amide bonds. The number of aliphatic imine (C=N–C) groups is 1. The molecular formula is C27H35ClF2N5O4SSi. The highest BCUT2D eigenvalue weighted by molar-refractivity contribution is 8.13. The second kappa shape index (κ2) is 14.8. The number of hydrogen-bond acceptors (Lipinski definition) is 7. The number of amides is 1. The van der Waals surface area contributed by atoms with Gasteiger partial charge in [0.05, 0.1) is 17.0 Å². The summed E-state index contributed by atoms with van der Waals surface area (Å²) in [6.07, 6.45) is 4.35. The maximum Gasteiger partial charge on any atom is 0.407 e. The molecule has 14 heteroatoms. The Morgan fingerprint density at radius 2 is 1.95 bits per heavy atom. The monoisotopic (exact) mass is 626 g/mol. The lowest BCUT2D eigenvalue weighted by Gasteiger charge is -2.19. The first-order valence-electron chi connectivity index (χ1n) is 12.9. The van der Waals surface area contributed by atoms with Gasteiger partial charge in [-0.15, -0.1) is 0 Å². The van der Waals surface area contributed by atoms with Crippen molar-refractivity contribution in [1.82, 2.24) is 14.9 Å². The molecule has 2 N–H and O–H groups in total. The number of ether oxygens (including phenoxy) is 3. The first kappa shape index (κ1) is 32.6. The Balaban J connectivity index is 1.69. The van der Waals surface area contributed by atoms with Crippen LogP contribution in [-0.2, 0) is 16.2 Å². The van der Waals surface area contributed by atoms with E-state index < -0.39 is 37.9 Å². The molecule has 0 atom stereocenters. The average Bonchev–Trinajstić information content (AvgIpc) is 3.20. The molecule has 0 spiro atoms. The molecule has 1 radical (unpaired) electrons. The third-order valence-corrected chi connectivity index (χ3v) is 7.45. The molecule has 3 aromatic rings. The van der Waals surface area contributed by atoms with Crippen molar-refractivity contribution in [3.8, 4) is 11.5 Å². The van der Waals surface area contributed by atoms with Gasteiger partial charge in [0.15, 0.2) is 22.6 Å². The number of carbonyl (C=O) groups is 1. The fraction of sp³-hybridized carbons (Fsp3) is 0.444. The number of nitrogens with zero attached hydrogens (tertiary/aromatic N) is 3. The quantitative estimate of drug-likeness (QED) is 0.101. The molecule has 0 bridgehead atoms. The average molecular weight is 627 g/mol. The minimum atomic E-state index is -0.917. The Morgan fingerprint density at radius 3 is 2.59 bits per heavy atom. The standard InChI is InChI=1S/C27H35ClF2N5O4SSi/c1-27(2,3)39-26(36)33-10-9-32-25(40-4)34-17-13-19(29)23(20(30)14-17)38-21-7-8-31-24-22(21)18(28)15-35(24)16-37-11-12-41(5)6/h7-8,13-15H,9-12,16H2,1-6H3,(H,32,34)(H,33,36). The van der Waals surface area contributed by atoms with Gasteiger partial charge in [-0.3, -0.25) is 4.99 Å². The summed E-state index contributed by atoms with van der Waals surface area (Å²) in [5.41, 5.74) is 0.0183. The van der Waals surface area contributed by atoms with E-state index >= 15 is 8.78 Å². The number of carbonyl (C=O) groups excluding carboxylic acids is 1. The number of thioether (sulfide) groups is 1. The van der Waals surface area contributed by atoms with E-state index in [9.17, 15) is 4.79 Å². The number of anilines is 1. The molecule has 0 saturated heterocycles. The topological polar surface area (TPSA) is 99.0 Å². The van der Waals surface area contributed by atoms with Crippen LogP contribution in [-0.4, -0.2) is 61.2 Å². The van der Waals surface area contributed by atoms with Gasteiger partial charge in [0.25, 0.3) is 0 Å². The van der Waals surface area contributed by atoms with Gasteiger partial charge in [-0.25, -0.2) is 18.6 Å². The zero-order chi connectivity index (χ0) is 30.2. The van der Waals surface area contributed by atoms with Crippen molar-refractivity contribution in [3.05, 3.63) is 47.2 Å². The van der Waals surface area contributed by atoms with Crippen molar-refractivity contribution in [2.45, 2.75) is 52.2 Å². The molecule has 0 aliphatic heterocycles. The summed E-state index contributed by atoms with van der Waals surface area (Å²) in [6, 6.07) is 4.73. The van der Waals surface area contributed by atoms with Gasteiger partial charge in [-0.2, -0.15) is 0 Å². The Labute approximate surface area is 249 Å². The molecule has 2 heterocycles. The fourth-order valence-corrected chi connectivity index (χ4v) is 4.80. The number of hydrogen-bond donors (Lipinski definition) is 2. The molecule has 0 fully saturated rings. The van der Waals surface area contributed by atoms with E-state index in [0.717, 1.165) is 18.2 Å². The third kappa shape index (κ3) is 9.87. The highest BCUT2D eigenvalue weighted by Gasteiger charge is 2.19. The Bertz CT molecular complexity index is 1360. The van der Waals surface area contributed by atoms with E-state index in [0.29, 0.717) is 27.8 Å². The number of pyridine rings is 1. The molecule has 2 aromatic heterocycles. The van der Waals surface area contributed by atoms with Crippen LogP contribution in [0, 0.1) is 11.6 Å². The van der Waals surface area contributed by atoms with Gasteiger partial charge in [0.1, 0.15) is 23.7 Å². The number of rotatable bonds is 11. The predicted octanol–water partition coefficient (Wildman–Crippen LogP) is 7.14. The van der Waals surface area contributed by atoms with Crippen molar-refractivity contribution >= 4 is 60.1 Å². The molecule has 0 aliphatic rings. The second-order valence-electron chi connectivity index (χ2n) is 10.3. The van der Waals surface area contributed by atoms with Gasteiger partial charge < -0.3 is 29.4 Å². The number of alkyl carbamates (subject to hydrolysis) is 1. The predicted molar refractivity (Wildman–Crippen MR) is 163 cm³/mol. The van der Waals surface area contributed by atoms with Gasteiger partial charge >= 0.3 is 6.09 Å². The molecule has 1 aromatic carbocycles. The lowest BCUT2D eigenvalue weighted by atomic mass is 10.2. The van der Waals surface area contributed by atoms with Gasteiger partial charge in [-0.05, 0) is 39.1 Å². The molecule has 0 aliphatic carbocycles. The van der Waals surface area contributed by atoms with Gasteiger partial charge in [-0.1, -0.05) is 36.5 Å². The zero-order valence-electron chi connectivity index (χ0n) is 23.9. The van der Waals surface area contributed by atoms with Crippen LogP contribution in [0.25, 0.3) is 11.0 Å². The van der Waals surface area contributed by atoms with Crippen LogP contribution in [0.15, 0.2) is 35.6 Å². The van der Waals surface area contributed by atoms with Crippen molar-refractivity contribution in [1.29, 1.82) is 0 Å². The molecule has 3 rings (SSSR count). The van der Waals surface area contributed by atoms with Crippen LogP contribution in [0.5, 0.6) is 11.5 Å². The number of benzene rings is 1. The molecule has 0 saturated carbocycles. The minimum absolute atomic E-state index is 0.144. The largest absolute Gasteiger partial charge is 0.450 e. The maximum absolute atomic E-state index is 15.1. The fourth-order valence-electron chi connectivity index (χ4n) is 3.51. The van der Waals surface area contributed by atoms with Crippen molar-refractivity contribution in [2.24, 2.45) is 4.99 Å². The SMILES string of the molecule is CSC(=NCCNC(=O)OC(C)(C)C)Nc1cc(F)c(Oc2ccnc3c2c(Cl)cn3COCC[Si](C)C)c(F)c1. The van der Waals surface area contributed by atoms with Gasteiger partial charge in [0, 0.05) is 52.2 Å². The number of halogens is 3. The Morgan fingerprint density at radius 1 is 1.24 bits per heavy atom. The summed E-state index contributed by atoms with van der Waals surface area (Å²) >= 11 is 7.71. The Kier molecular flexibility index (Phi) is 11.8. The highest BCUT2D eigenvalue weighted by Crippen LogP contribution is 2.37. The van der Waals surface area contributed by atoms with Crippen molar-refractivity contribution in [3.63, 3.8) is 0 Å². The van der Waals surface area contributed by atoms with Crippen LogP contribution in [0.4, 0.5) is 19.3 Å². The Hall–Kier alpha value is -2.87. The smallest absolute Gasteiger partial charge is 0.407 e.